The Labute approximate surface area is 119 Å². The highest BCUT2D eigenvalue weighted by molar-refractivity contribution is 9.10. The van der Waals surface area contributed by atoms with Gasteiger partial charge in [-0.3, -0.25) is 4.79 Å². The lowest BCUT2D eigenvalue weighted by Crippen LogP contribution is -2.40. The molecule has 1 rings (SSSR count). The molecule has 0 aliphatic carbocycles. The van der Waals surface area contributed by atoms with Gasteiger partial charge in [0.05, 0.1) is 10.2 Å². The number of halogens is 2. The van der Waals surface area contributed by atoms with Crippen LogP contribution in [0.3, 0.4) is 0 Å². The number of carboxylic acid groups (broad SMARTS) is 1. The fourth-order valence-corrected chi connectivity index (χ4v) is 2.96. The second-order valence-electron chi connectivity index (χ2n) is 4.04. The molecule has 0 aliphatic heterocycles. The summed E-state index contributed by atoms with van der Waals surface area (Å²) in [5.41, 5.74) is 0.255. The molecule has 0 saturated heterocycles. The van der Waals surface area contributed by atoms with Gasteiger partial charge in [-0.05, 0) is 40.5 Å². The summed E-state index contributed by atoms with van der Waals surface area (Å²) < 4.78 is 38.2. The van der Waals surface area contributed by atoms with Crippen LogP contribution in [0.5, 0.6) is 0 Å². The number of hydrogen-bond acceptors (Lipinski definition) is 3. The Morgan fingerprint density at radius 3 is 2.58 bits per heavy atom. The molecular formula is C11H13BrFNO4S. The minimum atomic E-state index is -3.82. The molecule has 1 aromatic rings. The van der Waals surface area contributed by atoms with E-state index in [0.29, 0.717) is 0 Å². The second kappa shape index (κ2) is 5.98. The standard InChI is InChI=1S/C11H13BrFNO4S/c1-7(11(15)16)14(2)19(17,18)6-8-3-4-9(12)10(13)5-8/h3-5,7H,6H2,1-2H3,(H,15,16). The van der Waals surface area contributed by atoms with Gasteiger partial charge in [-0.2, -0.15) is 4.31 Å². The van der Waals surface area contributed by atoms with Crippen LogP contribution in [-0.4, -0.2) is 36.9 Å². The molecule has 8 heteroatoms. The van der Waals surface area contributed by atoms with Gasteiger partial charge >= 0.3 is 5.97 Å². The van der Waals surface area contributed by atoms with Crippen LogP contribution in [0.25, 0.3) is 0 Å². The molecule has 0 amide bonds. The van der Waals surface area contributed by atoms with E-state index >= 15 is 0 Å². The fourth-order valence-electron chi connectivity index (χ4n) is 1.34. The van der Waals surface area contributed by atoms with E-state index in [1.165, 1.54) is 26.1 Å². The molecule has 0 bridgehead atoms. The second-order valence-corrected chi connectivity index (χ2v) is 6.92. The Morgan fingerprint density at radius 2 is 2.11 bits per heavy atom. The highest BCUT2D eigenvalue weighted by Crippen LogP contribution is 2.19. The summed E-state index contributed by atoms with van der Waals surface area (Å²) in [7, 11) is -2.63. The lowest BCUT2D eigenvalue weighted by Gasteiger charge is -2.21. The largest absolute Gasteiger partial charge is 0.480 e. The molecule has 1 unspecified atom stereocenters. The average molecular weight is 354 g/mol. The first-order valence-corrected chi connectivity index (χ1v) is 7.68. The van der Waals surface area contributed by atoms with E-state index in [2.05, 4.69) is 15.9 Å². The quantitative estimate of drug-likeness (QED) is 0.875. The van der Waals surface area contributed by atoms with Crippen molar-refractivity contribution in [2.75, 3.05) is 7.05 Å². The maximum absolute atomic E-state index is 13.3. The lowest BCUT2D eigenvalue weighted by molar-refractivity contribution is -0.140. The van der Waals surface area contributed by atoms with Gasteiger partial charge in [-0.1, -0.05) is 6.07 Å². The molecule has 0 aliphatic rings. The third-order valence-corrected chi connectivity index (χ3v) is 5.21. The summed E-state index contributed by atoms with van der Waals surface area (Å²) in [6, 6.07) is 2.79. The normalized spacial score (nSPS) is 13.5. The number of rotatable bonds is 5. The zero-order valence-corrected chi connectivity index (χ0v) is 12.7. The van der Waals surface area contributed by atoms with E-state index in [1.807, 2.05) is 0 Å². The zero-order chi connectivity index (χ0) is 14.8. The van der Waals surface area contributed by atoms with Crippen LogP contribution in [0, 0.1) is 5.82 Å². The smallest absolute Gasteiger partial charge is 0.321 e. The van der Waals surface area contributed by atoms with E-state index in [9.17, 15) is 17.6 Å². The van der Waals surface area contributed by atoms with Crippen molar-refractivity contribution in [2.24, 2.45) is 0 Å². The number of likely N-dealkylation sites (N-methyl/N-ethyl adjacent to an activating group) is 1. The molecule has 0 aromatic heterocycles. The molecule has 1 atom stereocenters. The monoisotopic (exact) mass is 353 g/mol. The van der Waals surface area contributed by atoms with Crippen LogP contribution in [0.1, 0.15) is 12.5 Å². The number of hydrogen-bond donors (Lipinski definition) is 1. The van der Waals surface area contributed by atoms with Crippen molar-refractivity contribution in [3.05, 3.63) is 34.1 Å². The third kappa shape index (κ3) is 3.99. The zero-order valence-electron chi connectivity index (χ0n) is 10.3. The van der Waals surface area contributed by atoms with Gasteiger partial charge < -0.3 is 5.11 Å². The van der Waals surface area contributed by atoms with Gasteiger partial charge in [0.15, 0.2) is 0 Å². The Balaban J connectivity index is 2.96. The number of aliphatic carboxylic acids is 1. The van der Waals surface area contributed by atoms with Crippen molar-refractivity contribution in [3.63, 3.8) is 0 Å². The van der Waals surface area contributed by atoms with Gasteiger partial charge in [0.1, 0.15) is 11.9 Å². The van der Waals surface area contributed by atoms with Gasteiger partial charge in [-0.25, -0.2) is 12.8 Å². The Kier molecular flexibility index (Phi) is 5.05. The summed E-state index contributed by atoms with van der Waals surface area (Å²) in [6.07, 6.45) is 0. The van der Waals surface area contributed by atoms with E-state index in [4.69, 9.17) is 5.11 Å². The van der Waals surface area contributed by atoms with Crippen molar-refractivity contribution in [1.29, 1.82) is 0 Å². The molecule has 0 fully saturated rings. The van der Waals surface area contributed by atoms with Crippen molar-refractivity contribution in [1.82, 2.24) is 4.31 Å². The molecule has 0 spiro atoms. The van der Waals surface area contributed by atoms with Gasteiger partial charge in [0.25, 0.3) is 0 Å². The molecule has 1 N–H and O–H groups in total. The van der Waals surface area contributed by atoms with E-state index in [1.54, 1.807) is 0 Å². The maximum atomic E-state index is 13.3. The number of sulfonamides is 1. The van der Waals surface area contributed by atoms with Crippen molar-refractivity contribution < 1.29 is 22.7 Å². The van der Waals surface area contributed by atoms with Crippen LogP contribution in [-0.2, 0) is 20.6 Å². The SMILES string of the molecule is CC(C(=O)O)N(C)S(=O)(=O)Cc1ccc(Br)c(F)c1. The topological polar surface area (TPSA) is 74.7 Å². The van der Waals surface area contributed by atoms with Gasteiger partial charge in [0, 0.05) is 7.05 Å². The van der Waals surface area contributed by atoms with Gasteiger partial charge in [-0.15, -0.1) is 0 Å². The lowest BCUT2D eigenvalue weighted by atomic mass is 10.2. The van der Waals surface area contributed by atoms with E-state index in [-0.39, 0.29) is 10.0 Å². The van der Waals surface area contributed by atoms with Crippen LogP contribution in [0.2, 0.25) is 0 Å². The van der Waals surface area contributed by atoms with Crippen LogP contribution >= 0.6 is 15.9 Å². The highest BCUT2D eigenvalue weighted by Gasteiger charge is 2.28. The first kappa shape index (κ1) is 16.1. The molecule has 0 heterocycles. The summed E-state index contributed by atoms with van der Waals surface area (Å²) >= 11 is 2.97. The predicted molar refractivity (Wildman–Crippen MR) is 71.6 cm³/mol. The number of benzene rings is 1. The molecule has 19 heavy (non-hydrogen) atoms. The molecule has 5 nitrogen and oxygen atoms in total. The Hall–Kier alpha value is -0.990. The van der Waals surface area contributed by atoms with Crippen molar-refractivity contribution in [3.8, 4) is 0 Å². The molecule has 0 radical (unpaired) electrons. The molecule has 106 valence electrons. The molecule has 1 aromatic carbocycles. The number of nitrogens with zero attached hydrogens (tertiary/aromatic N) is 1. The summed E-state index contributed by atoms with van der Waals surface area (Å²) in [6.45, 7) is 1.27. The Bertz CT molecular complexity index is 590. The van der Waals surface area contributed by atoms with E-state index in [0.717, 1.165) is 10.4 Å². The fraction of sp³-hybridized carbons (Fsp3) is 0.364. The van der Waals surface area contributed by atoms with Crippen molar-refractivity contribution >= 4 is 31.9 Å². The van der Waals surface area contributed by atoms with Gasteiger partial charge in [0.2, 0.25) is 10.0 Å². The third-order valence-electron chi connectivity index (χ3n) is 2.67. The highest BCUT2D eigenvalue weighted by atomic mass is 79.9. The summed E-state index contributed by atoms with van der Waals surface area (Å²) in [4.78, 5) is 10.8. The Morgan fingerprint density at radius 1 is 1.53 bits per heavy atom. The summed E-state index contributed by atoms with van der Waals surface area (Å²) in [5.74, 6) is -2.26. The summed E-state index contributed by atoms with van der Waals surface area (Å²) in [5, 5.41) is 8.79. The minimum absolute atomic E-state index is 0.237. The first-order valence-electron chi connectivity index (χ1n) is 5.27. The average Bonchev–Trinajstić information content (AvgIpc) is 2.31. The van der Waals surface area contributed by atoms with Crippen molar-refractivity contribution in [2.45, 2.75) is 18.7 Å². The number of carbonyl (C=O) groups is 1. The van der Waals surface area contributed by atoms with E-state index < -0.39 is 33.6 Å². The molecule has 0 saturated carbocycles. The minimum Gasteiger partial charge on any atom is -0.480 e. The first-order chi connectivity index (χ1) is 8.65. The van der Waals surface area contributed by atoms with Crippen LogP contribution in [0.15, 0.2) is 22.7 Å². The molecular weight excluding hydrogens is 341 g/mol. The predicted octanol–water partition coefficient (Wildman–Crippen LogP) is 1.82. The van der Waals surface area contributed by atoms with Crippen LogP contribution < -0.4 is 0 Å². The number of carboxylic acids is 1. The van der Waals surface area contributed by atoms with Crippen LogP contribution in [0.4, 0.5) is 4.39 Å². The maximum Gasteiger partial charge on any atom is 0.321 e.